The molecule has 2 aliphatic rings. The fourth-order valence-corrected chi connectivity index (χ4v) is 6.69. The van der Waals surface area contributed by atoms with Gasteiger partial charge in [-0.2, -0.15) is 0 Å². The zero-order chi connectivity index (χ0) is 26.7. The Bertz CT molecular complexity index is 992. The van der Waals surface area contributed by atoms with Crippen molar-refractivity contribution in [2.45, 2.75) is 105 Å². The number of carbonyl (C=O) groups excluding carboxylic acids is 2. The van der Waals surface area contributed by atoms with Gasteiger partial charge in [0.05, 0.1) is 0 Å². The van der Waals surface area contributed by atoms with Crippen molar-refractivity contribution in [1.29, 1.82) is 0 Å². The van der Waals surface area contributed by atoms with Crippen LogP contribution >= 0.6 is 0 Å². The van der Waals surface area contributed by atoms with Crippen molar-refractivity contribution in [3.63, 3.8) is 0 Å². The molecule has 1 aromatic carbocycles. The van der Waals surface area contributed by atoms with Crippen LogP contribution in [0.2, 0.25) is 0 Å². The first-order chi connectivity index (χ1) is 17.6. The van der Waals surface area contributed by atoms with Crippen LogP contribution in [0.4, 0.5) is 0 Å². The Morgan fingerprint density at radius 1 is 0.865 bits per heavy atom. The fraction of sp³-hybridized carbons (Fsp3) is 0.710. The number of esters is 2. The second kappa shape index (κ2) is 12.0. The van der Waals surface area contributed by atoms with Crippen LogP contribution in [0.1, 0.15) is 80.1 Å². The van der Waals surface area contributed by atoms with E-state index in [4.69, 9.17) is 9.47 Å². The van der Waals surface area contributed by atoms with Gasteiger partial charge in [-0.25, -0.2) is 18.7 Å². The molecular weight excluding hydrogens is 464 g/mol. The topological polar surface area (TPSA) is 61.4 Å². The number of hydrogen-bond donors (Lipinski definition) is 0. The maximum atomic E-state index is 13.1. The number of nitrogens with zero attached hydrogens (tertiary/aromatic N) is 2. The van der Waals surface area contributed by atoms with E-state index >= 15 is 0 Å². The number of hydrogen-bond acceptors (Lipinski definition) is 4. The summed E-state index contributed by atoms with van der Waals surface area (Å²) in [6, 6.07) is 7.89. The van der Waals surface area contributed by atoms with Crippen molar-refractivity contribution in [3.8, 4) is 0 Å². The normalized spacial score (nSPS) is 28.5. The van der Waals surface area contributed by atoms with Crippen LogP contribution in [-0.4, -0.2) is 28.7 Å². The molecule has 2 aliphatic carbocycles. The third-order valence-electron chi connectivity index (χ3n) is 8.87. The molecule has 37 heavy (non-hydrogen) atoms. The van der Waals surface area contributed by atoms with Crippen LogP contribution in [-0.2, 0) is 32.2 Å². The summed E-state index contributed by atoms with van der Waals surface area (Å²) in [7, 11) is 0. The lowest BCUT2D eigenvalue weighted by Crippen LogP contribution is -2.42. The van der Waals surface area contributed by atoms with E-state index in [1.54, 1.807) is 0 Å². The smallest absolute Gasteiger partial charge is 0.348 e. The number of benzene rings is 1. The molecule has 0 spiro atoms. The van der Waals surface area contributed by atoms with Crippen LogP contribution in [0.25, 0.3) is 11.0 Å². The van der Waals surface area contributed by atoms with Gasteiger partial charge in [-0.15, -0.1) is 0 Å². The molecule has 2 fully saturated rings. The van der Waals surface area contributed by atoms with Gasteiger partial charge in [0.2, 0.25) is 6.33 Å². The van der Waals surface area contributed by atoms with Gasteiger partial charge in [-0.05, 0) is 73.3 Å². The number of ether oxygens (including phenoxy) is 2. The van der Waals surface area contributed by atoms with Crippen LogP contribution in [0.3, 0.4) is 0 Å². The van der Waals surface area contributed by atoms with Gasteiger partial charge in [0, 0.05) is 0 Å². The number of para-hydroxylation sites is 2. The molecule has 2 saturated carbocycles. The third-order valence-corrected chi connectivity index (χ3v) is 8.87. The van der Waals surface area contributed by atoms with E-state index in [9.17, 15) is 9.59 Å². The minimum Gasteiger partial charge on any atom is -0.459 e. The Morgan fingerprint density at radius 3 is 1.97 bits per heavy atom. The van der Waals surface area contributed by atoms with E-state index in [0.29, 0.717) is 35.5 Å². The Kier molecular flexibility index (Phi) is 8.97. The van der Waals surface area contributed by atoms with E-state index in [1.807, 2.05) is 39.7 Å². The first-order valence-electron chi connectivity index (χ1n) is 14.5. The highest BCUT2D eigenvalue weighted by Gasteiger charge is 2.35. The molecule has 0 radical (unpaired) electrons. The number of fused-ring (bicyclic) bond motifs is 1. The average molecular weight is 512 g/mol. The molecule has 2 aromatic rings. The first kappa shape index (κ1) is 27.7. The maximum Gasteiger partial charge on any atom is 0.348 e. The molecule has 0 unspecified atom stereocenters. The van der Waals surface area contributed by atoms with Crippen LogP contribution in [0, 0.1) is 35.5 Å². The quantitative estimate of drug-likeness (QED) is 0.325. The molecule has 0 bridgehead atoms. The van der Waals surface area contributed by atoms with Gasteiger partial charge < -0.3 is 9.47 Å². The van der Waals surface area contributed by atoms with Crippen molar-refractivity contribution >= 4 is 23.0 Å². The van der Waals surface area contributed by atoms with Crippen LogP contribution in [0.15, 0.2) is 30.6 Å². The van der Waals surface area contributed by atoms with Gasteiger partial charge in [0.25, 0.3) is 0 Å². The Hall–Kier alpha value is -2.37. The zero-order valence-electron chi connectivity index (χ0n) is 23.7. The second-order valence-electron chi connectivity index (χ2n) is 12.6. The van der Waals surface area contributed by atoms with Crippen molar-refractivity contribution in [1.82, 2.24) is 4.57 Å². The minimum absolute atomic E-state index is 0.0213. The maximum absolute atomic E-state index is 13.1. The van der Waals surface area contributed by atoms with Crippen LogP contribution < -0.4 is 4.57 Å². The molecule has 0 aliphatic heterocycles. The fourth-order valence-electron chi connectivity index (χ4n) is 6.69. The predicted molar refractivity (Wildman–Crippen MR) is 145 cm³/mol. The standard InChI is InChI=1S/C31H47N2O4/c1-20(2)24-13-11-22(5)15-28(24)36-30(34)17-32-19-33(27-10-8-7-9-26(27)32)18-31(35)37-29-16-23(6)12-14-25(29)21(3)4/h7-10,19-25,28-29H,11-18H2,1-6H3/q+1/t22-,23-,24-,25-,28-,29-/m1/s1. The molecule has 6 heteroatoms. The largest absolute Gasteiger partial charge is 0.459 e. The monoisotopic (exact) mass is 511 g/mol. The summed E-state index contributed by atoms with van der Waals surface area (Å²) in [5, 5.41) is 0. The molecule has 0 saturated heterocycles. The number of rotatable bonds is 8. The molecule has 0 N–H and O–H groups in total. The van der Waals surface area contributed by atoms with E-state index in [2.05, 4.69) is 41.5 Å². The number of aromatic nitrogens is 2. The first-order valence-corrected chi connectivity index (χ1v) is 14.5. The molecule has 6 nitrogen and oxygen atoms in total. The van der Waals surface area contributed by atoms with E-state index < -0.39 is 0 Å². The van der Waals surface area contributed by atoms with E-state index in [1.165, 1.54) is 12.8 Å². The molecular formula is C31H47N2O4+. The average Bonchev–Trinajstić information content (AvgIpc) is 3.15. The second-order valence-corrected chi connectivity index (χ2v) is 12.6. The Morgan fingerprint density at radius 2 is 1.41 bits per heavy atom. The number of imidazole rings is 1. The zero-order valence-corrected chi connectivity index (χ0v) is 23.7. The minimum atomic E-state index is -0.212. The summed E-state index contributed by atoms with van der Waals surface area (Å²) in [5.74, 6) is 2.55. The molecule has 4 rings (SSSR count). The van der Waals surface area contributed by atoms with Gasteiger partial charge in [-0.3, -0.25) is 0 Å². The highest BCUT2D eigenvalue weighted by molar-refractivity contribution is 5.76. The molecule has 204 valence electrons. The van der Waals surface area contributed by atoms with E-state index in [-0.39, 0.29) is 37.2 Å². The molecule has 0 amide bonds. The summed E-state index contributed by atoms with van der Waals surface area (Å²) < 4.78 is 15.9. The van der Waals surface area contributed by atoms with Crippen molar-refractivity contribution in [3.05, 3.63) is 30.6 Å². The van der Waals surface area contributed by atoms with Gasteiger partial charge >= 0.3 is 11.9 Å². The lowest BCUT2D eigenvalue weighted by atomic mass is 9.75. The molecule has 1 aromatic heterocycles. The summed E-state index contributed by atoms with van der Waals surface area (Å²) in [6.45, 7) is 13.6. The number of carbonyl (C=O) groups is 2. The Balaban J connectivity index is 1.45. The highest BCUT2D eigenvalue weighted by atomic mass is 16.5. The lowest BCUT2D eigenvalue weighted by molar-refractivity contribution is -0.661. The Labute approximate surface area is 222 Å². The van der Waals surface area contributed by atoms with Crippen molar-refractivity contribution < 1.29 is 23.6 Å². The van der Waals surface area contributed by atoms with Crippen molar-refractivity contribution in [2.75, 3.05) is 0 Å². The summed E-state index contributed by atoms with van der Waals surface area (Å²) in [4.78, 5) is 26.2. The van der Waals surface area contributed by atoms with Crippen molar-refractivity contribution in [2.24, 2.45) is 35.5 Å². The summed E-state index contributed by atoms with van der Waals surface area (Å²) in [6.07, 6.45) is 8.32. The third kappa shape index (κ3) is 6.74. The highest BCUT2D eigenvalue weighted by Crippen LogP contribution is 2.36. The molecule has 1 heterocycles. The molecule has 6 atom stereocenters. The van der Waals surface area contributed by atoms with E-state index in [0.717, 1.165) is 36.7 Å². The van der Waals surface area contributed by atoms with Gasteiger partial charge in [0.15, 0.2) is 24.1 Å². The van der Waals surface area contributed by atoms with Gasteiger partial charge in [0.1, 0.15) is 12.2 Å². The SMILES string of the molecule is CC(C)[C@H]1CC[C@@H](C)C[C@H]1OC(=O)Cn1c[n+](CC(=O)O[C@@H]2C[C@H](C)CC[C@@H]2C(C)C)c2ccccc21. The summed E-state index contributed by atoms with van der Waals surface area (Å²) in [5.41, 5.74) is 1.83. The predicted octanol–water partition coefficient (Wildman–Crippen LogP) is 5.94. The van der Waals surface area contributed by atoms with Crippen LogP contribution in [0.5, 0.6) is 0 Å². The lowest BCUT2D eigenvalue weighted by Gasteiger charge is -2.36. The summed E-state index contributed by atoms with van der Waals surface area (Å²) >= 11 is 0. The van der Waals surface area contributed by atoms with Gasteiger partial charge in [-0.1, -0.05) is 66.5 Å².